The van der Waals surface area contributed by atoms with Crippen molar-refractivity contribution in [1.29, 1.82) is 0 Å². The number of nitro benzene ring substituents is 1. The van der Waals surface area contributed by atoms with Gasteiger partial charge < -0.3 is 5.11 Å². The lowest BCUT2D eigenvalue weighted by Gasteiger charge is -2.18. The predicted molar refractivity (Wildman–Crippen MR) is 120 cm³/mol. The summed E-state index contributed by atoms with van der Waals surface area (Å²) in [4.78, 5) is 42.2. The highest BCUT2D eigenvalue weighted by atomic mass is 32.1. The summed E-state index contributed by atoms with van der Waals surface area (Å²) in [7, 11) is 0. The molecule has 0 spiro atoms. The Morgan fingerprint density at radius 2 is 2.28 bits per heavy atom. The van der Waals surface area contributed by atoms with Crippen LogP contribution in [0.15, 0.2) is 34.4 Å². The number of nitrogens with zero attached hydrogens (tertiary/aromatic N) is 4. The number of nitrogens with one attached hydrogen (secondary N) is 1. The second-order valence-corrected chi connectivity index (χ2v) is 8.99. The van der Waals surface area contributed by atoms with Gasteiger partial charge in [0.15, 0.2) is 5.75 Å². The molecule has 166 valence electrons. The van der Waals surface area contributed by atoms with E-state index in [4.69, 9.17) is 0 Å². The third-order valence-electron chi connectivity index (χ3n) is 5.62. The van der Waals surface area contributed by atoms with E-state index in [1.165, 1.54) is 34.1 Å². The minimum absolute atomic E-state index is 0.247. The Bertz CT molecular complexity index is 1310. The summed E-state index contributed by atoms with van der Waals surface area (Å²) in [5.41, 5.74) is 3.00. The smallest absolute Gasteiger partial charge is 0.311 e. The van der Waals surface area contributed by atoms with Gasteiger partial charge in [0.1, 0.15) is 10.9 Å². The number of hydrogen-bond acceptors (Lipinski definition) is 8. The first-order chi connectivity index (χ1) is 15.3. The number of rotatable bonds is 5. The van der Waals surface area contributed by atoms with Gasteiger partial charge in [0.2, 0.25) is 0 Å². The number of thiophene rings is 1. The van der Waals surface area contributed by atoms with Crippen LogP contribution in [0.25, 0.3) is 10.2 Å². The zero-order valence-electron chi connectivity index (χ0n) is 17.4. The second kappa shape index (κ2) is 8.50. The first-order valence-electron chi connectivity index (χ1n) is 10.1. The number of phenols is 1. The Morgan fingerprint density at radius 1 is 1.50 bits per heavy atom. The molecule has 2 heterocycles. The number of benzene rings is 1. The number of hydrogen-bond donors (Lipinski definition) is 2. The van der Waals surface area contributed by atoms with Crippen molar-refractivity contribution in [3.63, 3.8) is 0 Å². The molecule has 0 bridgehead atoms. The number of carbonyl (C=O) groups is 1. The number of amides is 1. The van der Waals surface area contributed by atoms with Gasteiger partial charge in [-0.3, -0.25) is 24.3 Å². The maximum atomic E-state index is 13.1. The molecular weight excluding hydrogens is 434 g/mol. The molecule has 1 amide bonds. The zero-order chi connectivity index (χ0) is 23.0. The van der Waals surface area contributed by atoms with E-state index in [0.717, 1.165) is 30.9 Å². The van der Waals surface area contributed by atoms with Gasteiger partial charge in [-0.2, -0.15) is 5.10 Å². The third-order valence-corrected chi connectivity index (χ3v) is 6.78. The molecule has 0 unspecified atom stereocenters. The number of hydrazone groups is 1. The number of aryl methyl sites for hydroxylation is 1. The van der Waals surface area contributed by atoms with Crippen molar-refractivity contribution >= 4 is 39.4 Å². The normalized spacial score (nSPS) is 16.8. The first kappa shape index (κ1) is 21.6. The number of fused-ring (bicyclic) bond motifs is 3. The van der Waals surface area contributed by atoms with E-state index >= 15 is 0 Å². The highest BCUT2D eigenvalue weighted by Gasteiger charge is 2.25. The van der Waals surface area contributed by atoms with Gasteiger partial charge in [-0.25, -0.2) is 10.4 Å². The average molecular weight is 455 g/mol. The fraction of sp³-hybridized carbons (Fsp3) is 0.333. The summed E-state index contributed by atoms with van der Waals surface area (Å²) in [6.07, 6.45) is 5.40. The van der Waals surface area contributed by atoms with Crippen LogP contribution in [0.3, 0.4) is 0 Å². The lowest BCUT2D eigenvalue weighted by molar-refractivity contribution is -0.385. The van der Waals surface area contributed by atoms with Gasteiger partial charge in [-0.05, 0) is 49.8 Å². The number of phenolic OH excluding ortho intramolecular Hbond substituents is 1. The van der Waals surface area contributed by atoms with Crippen molar-refractivity contribution in [2.75, 3.05) is 0 Å². The van der Waals surface area contributed by atoms with Crippen LogP contribution in [0.4, 0.5) is 5.69 Å². The first-order valence-corrected chi connectivity index (χ1v) is 10.9. The summed E-state index contributed by atoms with van der Waals surface area (Å²) in [5.74, 6) is -0.414. The van der Waals surface area contributed by atoms with Crippen molar-refractivity contribution in [1.82, 2.24) is 15.0 Å². The van der Waals surface area contributed by atoms with E-state index in [0.29, 0.717) is 21.7 Å². The lowest BCUT2D eigenvalue weighted by Crippen LogP contribution is -2.34. The number of aromatic hydroxyl groups is 1. The maximum Gasteiger partial charge on any atom is 0.311 e. The summed E-state index contributed by atoms with van der Waals surface area (Å²) < 4.78 is 1.30. The highest BCUT2D eigenvalue weighted by molar-refractivity contribution is 7.18. The van der Waals surface area contributed by atoms with E-state index in [1.807, 2.05) is 0 Å². The summed E-state index contributed by atoms with van der Waals surface area (Å²) in [5, 5.41) is 24.8. The molecule has 10 nitrogen and oxygen atoms in total. The number of aromatic nitrogens is 2. The van der Waals surface area contributed by atoms with Gasteiger partial charge in [0, 0.05) is 16.5 Å². The molecule has 1 aromatic carbocycles. The molecule has 4 rings (SSSR count). The molecule has 0 aliphatic heterocycles. The molecule has 2 atom stereocenters. The summed E-state index contributed by atoms with van der Waals surface area (Å²) in [6, 6.07) is 2.87. The lowest BCUT2D eigenvalue weighted by atomic mass is 9.89. The number of carbonyl (C=O) groups excluding carboxylic acids is 1. The predicted octanol–water partition coefficient (Wildman–Crippen LogP) is 2.91. The molecule has 3 aromatic rings. The minimum atomic E-state index is -0.858. The topological polar surface area (TPSA) is 140 Å². The van der Waals surface area contributed by atoms with Crippen LogP contribution in [0, 0.1) is 16.0 Å². The van der Waals surface area contributed by atoms with Crippen molar-refractivity contribution in [2.45, 2.75) is 39.2 Å². The Kier molecular flexibility index (Phi) is 5.74. The Balaban J connectivity index is 1.54. The Hall–Kier alpha value is -3.60. The van der Waals surface area contributed by atoms with Crippen molar-refractivity contribution in [3.05, 3.63) is 61.0 Å². The van der Waals surface area contributed by atoms with Crippen molar-refractivity contribution in [3.8, 4) is 5.75 Å². The van der Waals surface area contributed by atoms with Crippen LogP contribution in [0.2, 0.25) is 0 Å². The van der Waals surface area contributed by atoms with E-state index in [-0.39, 0.29) is 5.56 Å². The van der Waals surface area contributed by atoms with Crippen LogP contribution in [0.1, 0.15) is 42.3 Å². The Labute approximate surface area is 186 Å². The molecule has 1 aliphatic rings. The standard InChI is InChI=1S/C21H21N5O5S/c1-11-3-5-14-17(7-11)32-20-18(14)21(29)25(10-22-20)12(2)19(28)24-23-9-13-4-6-16(27)15(8-13)26(30)31/h4,6,8-12,27H,3,5,7H2,1-2H3,(H,24,28)/b23-9-/t11-,12-/m0/s1. The van der Waals surface area contributed by atoms with Crippen LogP contribution >= 0.6 is 11.3 Å². The van der Waals surface area contributed by atoms with Gasteiger partial charge in [-0.1, -0.05) is 6.92 Å². The number of nitro groups is 1. The van der Waals surface area contributed by atoms with Crippen molar-refractivity contribution < 1.29 is 14.8 Å². The third kappa shape index (κ3) is 3.98. The largest absolute Gasteiger partial charge is 0.502 e. The highest BCUT2D eigenvalue weighted by Crippen LogP contribution is 2.35. The molecule has 32 heavy (non-hydrogen) atoms. The Morgan fingerprint density at radius 3 is 3.03 bits per heavy atom. The van der Waals surface area contributed by atoms with Crippen molar-refractivity contribution in [2.24, 2.45) is 11.0 Å². The van der Waals surface area contributed by atoms with Crippen LogP contribution in [-0.2, 0) is 17.6 Å². The molecule has 2 aromatic heterocycles. The molecular formula is C21H21N5O5S. The monoisotopic (exact) mass is 455 g/mol. The zero-order valence-corrected chi connectivity index (χ0v) is 18.3. The fourth-order valence-corrected chi connectivity index (χ4v) is 5.12. The minimum Gasteiger partial charge on any atom is -0.502 e. The molecule has 0 saturated carbocycles. The van der Waals surface area contributed by atoms with E-state index in [2.05, 4.69) is 22.4 Å². The average Bonchev–Trinajstić information content (AvgIpc) is 3.12. The molecule has 1 aliphatic carbocycles. The van der Waals surface area contributed by atoms with Crippen LogP contribution in [0.5, 0.6) is 5.75 Å². The summed E-state index contributed by atoms with van der Waals surface area (Å²) in [6.45, 7) is 3.77. The summed E-state index contributed by atoms with van der Waals surface area (Å²) >= 11 is 1.55. The van der Waals surface area contributed by atoms with Gasteiger partial charge in [0.25, 0.3) is 11.5 Å². The van der Waals surface area contributed by atoms with Gasteiger partial charge >= 0.3 is 5.69 Å². The molecule has 2 N–H and O–H groups in total. The van der Waals surface area contributed by atoms with E-state index in [9.17, 15) is 24.8 Å². The second-order valence-electron chi connectivity index (χ2n) is 7.90. The van der Waals surface area contributed by atoms with Gasteiger partial charge in [-0.15, -0.1) is 11.3 Å². The van der Waals surface area contributed by atoms with Crippen LogP contribution in [-0.4, -0.2) is 31.7 Å². The van der Waals surface area contributed by atoms with E-state index < -0.39 is 28.3 Å². The molecule has 0 saturated heterocycles. The molecule has 11 heteroatoms. The van der Waals surface area contributed by atoms with Gasteiger partial charge in [0.05, 0.1) is 22.9 Å². The SMILES string of the molecule is C[C@H]1CCc2c(sc3ncn([C@@H](C)C(=O)N/N=C\c4ccc(O)c([N+](=O)[O-])c4)c(=O)c23)C1. The maximum absolute atomic E-state index is 13.1. The van der Waals surface area contributed by atoms with Crippen LogP contribution < -0.4 is 11.0 Å². The fourth-order valence-electron chi connectivity index (χ4n) is 3.78. The van der Waals surface area contributed by atoms with E-state index in [1.54, 1.807) is 18.3 Å². The quantitative estimate of drug-likeness (QED) is 0.344. The molecule has 0 radical (unpaired) electrons. The molecule has 0 fully saturated rings.